The van der Waals surface area contributed by atoms with Gasteiger partial charge >= 0.3 is 6.09 Å². The van der Waals surface area contributed by atoms with Crippen LogP contribution >= 0.6 is 0 Å². The Morgan fingerprint density at radius 2 is 1.97 bits per heavy atom. The van der Waals surface area contributed by atoms with Crippen molar-refractivity contribution in [3.05, 3.63) is 52.5 Å². The van der Waals surface area contributed by atoms with Crippen LogP contribution in [0.4, 0.5) is 32.1 Å². The van der Waals surface area contributed by atoms with E-state index in [4.69, 9.17) is 4.74 Å². The van der Waals surface area contributed by atoms with E-state index in [2.05, 4.69) is 10.3 Å². The Kier molecular flexibility index (Phi) is 6.24. The summed E-state index contributed by atoms with van der Waals surface area (Å²) in [7, 11) is 0. The molecule has 2 amide bonds. The van der Waals surface area contributed by atoms with Gasteiger partial charge in [-0.05, 0) is 24.3 Å². The van der Waals surface area contributed by atoms with Gasteiger partial charge in [0.15, 0.2) is 0 Å². The second kappa shape index (κ2) is 9.27. The van der Waals surface area contributed by atoms with Gasteiger partial charge in [0.25, 0.3) is 5.69 Å². The minimum absolute atomic E-state index is 0.0668. The first-order valence-electron chi connectivity index (χ1n) is 10.4. The summed E-state index contributed by atoms with van der Waals surface area (Å²) in [6.07, 6.45) is 0.149. The van der Waals surface area contributed by atoms with Crippen LogP contribution < -0.4 is 20.0 Å². The minimum atomic E-state index is -0.582. The number of rotatable bonds is 6. The highest BCUT2D eigenvalue weighted by Gasteiger charge is 2.33. The number of nitrogens with one attached hydrogen (secondary N) is 1. The van der Waals surface area contributed by atoms with E-state index in [1.165, 1.54) is 30.2 Å². The molecule has 1 aromatic carbocycles. The van der Waals surface area contributed by atoms with Crippen molar-refractivity contribution in [1.29, 1.82) is 0 Å². The van der Waals surface area contributed by atoms with Crippen LogP contribution in [0.1, 0.15) is 6.92 Å². The quantitative estimate of drug-likeness (QED) is 0.515. The summed E-state index contributed by atoms with van der Waals surface area (Å²) in [6, 6.07) is 7.64. The maximum Gasteiger partial charge on any atom is 0.414 e. The number of ether oxygens (including phenoxy) is 1. The van der Waals surface area contributed by atoms with Gasteiger partial charge in [-0.15, -0.1) is 0 Å². The normalized spacial score (nSPS) is 18.3. The third kappa shape index (κ3) is 4.94. The molecule has 0 aliphatic carbocycles. The second-order valence-corrected chi connectivity index (χ2v) is 7.79. The van der Waals surface area contributed by atoms with Gasteiger partial charge < -0.3 is 19.9 Å². The van der Waals surface area contributed by atoms with Gasteiger partial charge in [0.2, 0.25) is 5.91 Å². The van der Waals surface area contributed by atoms with Crippen LogP contribution in [-0.4, -0.2) is 67.3 Å². The Morgan fingerprint density at radius 3 is 2.58 bits per heavy atom. The summed E-state index contributed by atoms with van der Waals surface area (Å²) in [4.78, 5) is 42.9. The number of piperazine rings is 1. The molecule has 2 fully saturated rings. The van der Waals surface area contributed by atoms with Gasteiger partial charge in [0.1, 0.15) is 23.9 Å². The number of carbonyl (C=O) groups excluding carboxylic acids is 2. The van der Waals surface area contributed by atoms with Gasteiger partial charge in [-0.25, -0.2) is 14.2 Å². The fourth-order valence-electron chi connectivity index (χ4n) is 3.87. The van der Waals surface area contributed by atoms with E-state index in [9.17, 15) is 24.1 Å². The smallest absolute Gasteiger partial charge is 0.414 e. The van der Waals surface area contributed by atoms with E-state index >= 15 is 0 Å². The molecular formula is C21H23FN6O5. The Hall–Kier alpha value is -3.96. The van der Waals surface area contributed by atoms with Crippen molar-refractivity contribution in [3.8, 4) is 0 Å². The number of carbonyl (C=O) groups is 2. The topological polar surface area (TPSA) is 121 Å². The molecule has 33 heavy (non-hydrogen) atoms. The monoisotopic (exact) mass is 458 g/mol. The van der Waals surface area contributed by atoms with E-state index in [0.29, 0.717) is 43.4 Å². The highest BCUT2D eigenvalue weighted by molar-refractivity contribution is 5.90. The van der Waals surface area contributed by atoms with Crippen LogP contribution in [0.3, 0.4) is 0 Å². The summed E-state index contributed by atoms with van der Waals surface area (Å²) >= 11 is 0. The molecule has 1 aromatic heterocycles. The summed E-state index contributed by atoms with van der Waals surface area (Å²) in [6.45, 7) is 4.04. The third-order valence-electron chi connectivity index (χ3n) is 5.58. The van der Waals surface area contributed by atoms with Crippen molar-refractivity contribution in [2.45, 2.75) is 13.0 Å². The summed E-state index contributed by atoms with van der Waals surface area (Å²) in [5.41, 5.74) is 0.751. The number of pyridine rings is 1. The lowest BCUT2D eigenvalue weighted by molar-refractivity contribution is -0.385. The molecule has 2 aromatic rings. The summed E-state index contributed by atoms with van der Waals surface area (Å²) in [5, 5.41) is 13.4. The number of hydrogen-bond acceptors (Lipinski definition) is 8. The van der Waals surface area contributed by atoms with Crippen LogP contribution in [0.25, 0.3) is 0 Å². The molecule has 12 heteroatoms. The van der Waals surface area contributed by atoms with Crippen LogP contribution in [0.2, 0.25) is 0 Å². The Balaban J connectivity index is 1.37. The number of nitrogens with zero attached hydrogens (tertiary/aromatic N) is 5. The van der Waals surface area contributed by atoms with Crippen LogP contribution in [0.15, 0.2) is 36.5 Å². The molecule has 0 radical (unpaired) electrons. The van der Waals surface area contributed by atoms with Gasteiger partial charge in [-0.3, -0.25) is 19.8 Å². The number of benzene rings is 1. The lowest BCUT2D eigenvalue weighted by atomic mass is 10.2. The van der Waals surface area contributed by atoms with Crippen LogP contribution in [0, 0.1) is 15.9 Å². The predicted octanol–water partition coefficient (Wildman–Crippen LogP) is 1.92. The SMILES string of the molecule is CC(=O)NCC1CN(c2ccc(N3CCN(c4ccc([N+](=O)[O-])cn4)CC3)c(F)c2)C(=O)O1. The zero-order chi connectivity index (χ0) is 23.5. The summed E-state index contributed by atoms with van der Waals surface area (Å²) < 4.78 is 20.2. The highest BCUT2D eigenvalue weighted by Crippen LogP contribution is 2.29. The Bertz CT molecular complexity index is 1060. The maximum absolute atomic E-state index is 14.9. The molecule has 2 aliphatic rings. The van der Waals surface area contributed by atoms with Crippen molar-refractivity contribution in [2.75, 3.05) is 54.0 Å². The molecule has 0 spiro atoms. The Labute approximate surface area is 188 Å². The fraction of sp³-hybridized carbons (Fsp3) is 0.381. The van der Waals surface area contributed by atoms with Gasteiger partial charge in [0, 0.05) is 39.2 Å². The van der Waals surface area contributed by atoms with Crippen LogP contribution in [-0.2, 0) is 9.53 Å². The van der Waals surface area contributed by atoms with E-state index < -0.39 is 22.9 Å². The maximum atomic E-state index is 14.9. The van der Waals surface area contributed by atoms with E-state index in [-0.39, 0.29) is 24.7 Å². The van der Waals surface area contributed by atoms with Gasteiger partial charge in [-0.1, -0.05) is 0 Å². The van der Waals surface area contributed by atoms with Crippen molar-refractivity contribution in [3.63, 3.8) is 0 Å². The molecule has 3 heterocycles. The van der Waals surface area contributed by atoms with Crippen molar-refractivity contribution < 1.29 is 23.6 Å². The lowest BCUT2D eigenvalue weighted by Gasteiger charge is -2.36. The number of amides is 2. The zero-order valence-electron chi connectivity index (χ0n) is 17.9. The molecular weight excluding hydrogens is 435 g/mol. The number of nitro groups is 1. The third-order valence-corrected chi connectivity index (χ3v) is 5.58. The first-order chi connectivity index (χ1) is 15.8. The average Bonchev–Trinajstić information content (AvgIpc) is 3.18. The lowest BCUT2D eigenvalue weighted by Crippen LogP contribution is -2.47. The molecule has 1 unspecified atom stereocenters. The highest BCUT2D eigenvalue weighted by atomic mass is 19.1. The van der Waals surface area contributed by atoms with Gasteiger partial charge in [-0.2, -0.15) is 0 Å². The molecule has 2 saturated heterocycles. The number of aromatic nitrogens is 1. The van der Waals surface area contributed by atoms with Crippen LogP contribution in [0.5, 0.6) is 0 Å². The van der Waals surface area contributed by atoms with E-state index in [1.54, 1.807) is 18.2 Å². The predicted molar refractivity (Wildman–Crippen MR) is 118 cm³/mol. The molecule has 11 nitrogen and oxygen atoms in total. The zero-order valence-corrected chi connectivity index (χ0v) is 17.9. The van der Waals surface area contributed by atoms with Crippen molar-refractivity contribution in [2.24, 2.45) is 0 Å². The first-order valence-corrected chi connectivity index (χ1v) is 10.4. The molecule has 2 aliphatic heterocycles. The van der Waals surface area contributed by atoms with Gasteiger partial charge in [0.05, 0.1) is 29.4 Å². The molecule has 1 atom stereocenters. The molecule has 1 N–H and O–H groups in total. The van der Waals surface area contributed by atoms with Crippen molar-refractivity contribution in [1.82, 2.24) is 10.3 Å². The van der Waals surface area contributed by atoms with Crippen molar-refractivity contribution >= 4 is 34.9 Å². The number of cyclic esters (lactones) is 1. The van der Waals surface area contributed by atoms with E-state index in [0.717, 1.165) is 0 Å². The first kappa shape index (κ1) is 22.2. The minimum Gasteiger partial charge on any atom is -0.442 e. The van der Waals surface area contributed by atoms with E-state index in [1.807, 2.05) is 9.80 Å². The molecule has 0 saturated carbocycles. The number of halogens is 1. The average molecular weight is 458 g/mol. The standard InChI is InChI=1S/C21H23FN6O5/c1-14(29)23-12-17-13-27(21(30)33-17)15-2-4-19(18(22)10-15)25-6-8-26(9-7-25)20-5-3-16(11-24-20)28(31)32/h2-5,10-11,17H,6-9,12-13H2,1H3,(H,23,29). The fourth-order valence-corrected chi connectivity index (χ4v) is 3.87. The summed E-state index contributed by atoms with van der Waals surface area (Å²) in [5.74, 6) is -0.0330. The molecule has 0 bridgehead atoms. The number of anilines is 3. The number of hydrogen-bond donors (Lipinski definition) is 1. The molecule has 4 rings (SSSR count). The Morgan fingerprint density at radius 1 is 1.24 bits per heavy atom. The largest absolute Gasteiger partial charge is 0.442 e. The second-order valence-electron chi connectivity index (χ2n) is 7.79. The molecule has 174 valence electrons.